The maximum atomic E-state index is 13.1. The molecule has 0 aromatic carbocycles. The van der Waals surface area contributed by atoms with Gasteiger partial charge in [-0.15, -0.1) is 0 Å². The molecule has 0 aliphatic heterocycles. The van der Waals surface area contributed by atoms with Gasteiger partial charge in [-0.1, -0.05) is 20.8 Å². The molecule has 0 unspecified atom stereocenters. The number of hydrogen-bond donors (Lipinski definition) is 1. The Morgan fingerprint density at radius 1 is 1.40 bits per heavy atom. The van der Waals surface area contributed by atoms with Gasteiger partial charge in [-0.05, 0) is 0 Å². The van der Waals surface area contributed by atoms with Gasteiger partial charge in [0.1, 0.15) is 0 Å². The number of rotatable bonds is 3. The van der Waals surface area contributed by atoms with Crippen LogP contribution in [0, 0.1) is 0 Å². The van der Waals surface area contributed by atoms with Crippen LogP contribution in [0.1, 0.15) is 26.5 Å². The second kappa shape index (κ2) is 3.89. The van der Waals surface area contributed by atoms with Crippen molar-refractivity contribution >= 4 is 0 Å². The molecule has 86 valence electrons. The molecule has 0 aliphatic rings. The molecule has 1 aromatic rings. The Morgan fingerprint density at radius 2 is 2.00 bits per heavy atom. The minimum Gasteiger partial charge on any atom is -0.328 e. The highest BCUT2D eigenvalue weighted by Crippen LogP contribution is 2.24. The predicted octanol–water partition coefficient (Wildman–Crippen LogP) is 1.77. The summed E-state index contributed by atoms with van der Waals surface area (Å²) in [6, 6.07) is 0. The Hall–Kier alpha value is -0.970. The number of halogens is 2. The maximum absolute atomic E-state index is 13.1. The van der Waals surface area contributed by atoms with Gasteiger partial charge in [-0.25, -0.2) is 13.8 Å². The van der Waals surface area contributed by atoms with Crippen LogP contribution in [-0.2, 0) is 12.0 Å². The summed E-state index contributed by atoms with van der Waals surface area (Å²) in [4.78, 5) is 3.90. The Kier molecular flexibility index (Phi) is 3.13. The molecule has 0 saturated heterocycles. The van der Waals surface area contributed by atoms with Crippen LogP contribution < -0.4 is 5.73 Å². The topological polar surface area (TPSA) is 43.8 Å². The summed E-state index contributed by atoms with van der Waals surface area (Å²) in [7, 11) is 0. The first kappa shape index (κ1) is 12.1. The monoisotopic (exact) mass is 217 g/mol. The lowest BCUT2D eigenvalue weighted by molar-refractivity contribution is -0.00778. The van der Waals surface area contributed by atoms with Gasteiger partial charge in [0.05, 0.1) is 19.4 Å². The van der Waals surface area contributed by atoms with Gasteiger partial charge in [0.15, 0.2) is 0 Å². The van der Waals surface area contributed by atoms with Crippen molar-refractivity contribution in [3.05, 3.63) is 18.2 Å². The van der Waals surface area contributed by atoms with E-state index in [2.05, 4.69) is 4.98 Å². The second-order valence-corrected chi connectivity index (χ2v) is 4.72. The van der Waals surface area contributed by atoms with E-state index in [0.29, 0.717) is 0 Å². The molecule has 0 fully saturated rings. The lowest BCUT2D eigenvalue weighted by Crippen LogP contribution is -2.34. The first-order chi connectivity index (χ1) is 6.76. The zero-order valence-electron chi connectivity index (χ0n) is 9.30. The Bertz CT molecular complexity index is 326. The van der Waals surface area contributed by atoms with E-state index in [0.717, 1.165) is 5.69 Å². The van der Waals surface area contributed by atoms with Crippen molar-refractivity contribution in [2.24, 2.45) is 5.73 Å². The predicted molar refractivity (Wildman–Crippen MR) is 54.9 cm³/mol. The molecule has 3 nitrogen and oxygen atoms in total. The summed E-state index contributed by atoms with van der Waals surface area (Å²) in [6.45, 7) is 4.83. The highest BCUT2D eigenvalue weighted by molar-refractivity contribution is 5.10. The normalized spacial score (nSPS) is 13.2. The van der Waals surface area contributed by atoms with Gasteiger partial charge in [0.25, 0.3) is 5.92 Å². The van der Waals surface area contributed by atoms with E-state index in [4.69, 9.17) is 5.73 Å². The van der Waals surface area contributed by atoms with Crippen LogP contribution >= 0.6 is 0 Å². The Morgan fingerprint density at radius 3 is 2.47 bits per heavy atom. The van der Waals surface area contributed by atoms with E-state index >= 15 is 0 Å². The molecule has 2 N–H and O–H groups in total. The lowest BCUT2D eigenvalue weighted by atomic mass is 9.92. The highest BCUT2D eigenvalue weighted by atomic mass is 19.3. The molecule has 0 radical (unpaired) electrons. The third-order valence-corrected chi connectivity index (χ3v) is 2.18. The van der Waals surface area contributed by atoms with Crippen molar-refractivity contribution in [1.82, 2.24) is 9.55 Å². The van der Waals surface area contributed by atoms with Crippen molar-refractivity contribution in [2.75, 3.05) is 6.54 Å². The molecule has 0 amide bonds. The number of nitrogens with two attached hydrogens (primary N) is 1. The van der Waals surface area contributed by atoms with E-state index in [1.165, 1.54) is 10.9 Å². The molecule has 0 aliphatic carbocycles. The average Bonchev–Trinajstić information content (AvgIpc) is 2.50. The van der Waals surface area contributed by atoms with Gasteiger partial charge < -0.3 is 10.3 Å². The summed E-state index contributed by atoms with van der Waals surface area (Å²) in [5, 5.41) is 0. The van der Waals surface area contributed by atoms with Crippen LogP contribution in [0.25, 0.3) is 0 Å². The van der Waals surface area contributed by atoms with Crippen LogP contribution in [-0.4, -0.2) is 22.0 Å². The Balaban J connectivity index is 2.92. The SMILES string of the molecule is CC(C)(C)c1cncn1CC(F)(F)CN. The molecule has 0 atom stereocenters. The van der Waals surface area contributed by atoms with Crippen molar-refractivity contribution in [3.63, 3.8) is 0 Å². The number of aromatic nitrogens is 2. The molecular weight excluding hydrogens is 200 g/mol. The summed E-state index contributed by atoms with van der Waals surface area (Å²) < 4.78 is 27.7. The molecule has 1 aromatic heterocycles. The smallest absolute Gasteiger partial charge is 0.277 e. The van der Waals surface area contributed by atoms with Crippen molar-refractivity contribution in [3.8, 4) is 0 Å². The summed E-state index contributed by atoms with van der Waals surface area (Å²) in [6.07, 6.45) is 3.04. The van der Waals surface area contributed by atoms with Crippen LogP contribution in [0.15, 0.2) is 12.5 Å². The summed E-state index contributed by atoms with van der Waals surface area (Å²) in [5.74, 6) is -2.87. The maximum Gasteiger partial charge on any atom is 0.277 e. The molecule has 1 heterocycles. The van der Waals surface area contributed by atoms with Crippen molar-refractivity contribution in [2.45, 2.75) is 38.7 Å². The number of hydrogen-bond acceptors (Lipinski definition) is 2. The first-order valence-electron chi connectivity index (χ1n) is 4.85. The quantitative estimate of drug-likeness (QED) is 0.838. The molecule has 1 rings (SSSR count). The number of nitrogens with zero attached hydrogens (tertiary/aromatic N) is 2. The largest absolute Gasteiger partial charge is 0.328 e. The van der Waals surface area contributed by atoms with Gasteiger partial charge in [-0.2, -0.15) is 0 Å². The molecule has 0 bridgehead atoms. The van der Waals surface area contributed by atoms with Crippen LogP contribution in [0.2, 0.25) is 0 Å². The van der Waals surface area contributed by atoms with Crippen molar-refractivity contribution in [1.29, 1.82) is 0 Å². The average molecular weight is 217 g/mol. The Labute approximate surface area is 88.3 Å². The fraction of sp³-hybridized carbons (Fsp3) is 0.700. The third-order valence-electron chi connectivity index (χ3n) is 2.18. The number of alkyl halides is 2. The summed E-state index contributed by atoms with van der Waals surface area (Å²) >= 11 is 0. The first-order valence-corrected chi connectivity index (χ1v) is 4.85. The molecule has 5 heteroatoms. The van der Waals surface area contributed by atoms with E-state index in [-0.39, 0.29) is 5.41 Å². The van der Waals surface area contributed by atoms with E-state index < -0.39 is 19.0 Å². The zero-order chi connectivity index (χ0) is 11.7. The van der Waals surface area contributed by atoms with Crippen molar-refractivity contribution < 1.29 is 8.78 Å². The molecular formula is C10H17F2N3. The van der Waals surface area contributed by atoms with Gasteiger partial charge >= 0.3 is 0 Å². The molecule has 0 spiro atoms. The standard InChI is InChI=1S/C10H17F2N3/c1-9(2,3)8-4-14-7-15(8)6-10(11,12)5-13/h4,7H,5-6,13H2,1-3H3. The molecule has 15 heavy (non-hydrogen) atoms. The van der Waals surface area contributed by atoms with E-state index in [1.807, 2.05) is 20.8 Å². The van der Waals surface area contributed by atoms with Gasteiger partial charge in [0, 0.05) is 17.3 Å². The van der Waals surface area contributed by atoms with Crippen LogP contribution in [0.4, 0.5) is 8.78 Å². The fourth-order valence-corrected chi connectivity index (χ4v) is 1.39. The minimum atomic E-state index is -2.87. The second-order valence-electron chi connectivity index (χ2n) is 4.72. The number of imidazole rings is 1. The summed E-state index contributed by atoms with van der Waals surface area (Å²) in [5.41, 5.74) is 5.59. The van der Waals surface area contributed by atoms with E-state index in [1.54, 1.807) is 6.20 Å². The van der Waals surface area contributed by atoms with Gasteiger partial charge in [-0.3, -0.25) is 0 Å². The lowest BCUT2D eigenvalue weighted by Gasteiger charge is -2.23. The molecule has 0 saturated carbocycles. The minimum absolute atomic E-state index is 0.193. The van der Waals surface area contributed by atoms with Crippen LogP contribution in [0.3, 0.4) is 0 Å². The highest BCUT2D eigenvalue weighted by Gasteiger charge is 2.30. The third kappa shape index (κ3) is 2.99. The zero-order valence-corrected chi connectivity index (χ0v) is 9.30. The van der Waals surface area contributed by atoms with Gasteiger partial charge in [0.2, 0.25) is 0 Å². The fourth-order valence-electron chi connectivity index (χ4n) is 1.39. The van der Waals surface area contributed by atoms with E-state index in [9.17, 15) is 8.78 Å². The van der Waals surface area contributed by atoms with Crippen LogP contribution in [0.5, 0.6) is 0 Å².